The normalized spacial score (nSPS) is 11.2. The van der Waals surface area contributed by atoms with Gasteiger partial charge in [-0.1, -0.05) is 12.1 Å². The zero-order chi connectivity index (χ0) is 20.1. The SMILES string of the molecule is COC(=O)c1cccc(-c2ccc(Cn3cnn(C/C(=C/F)CN)c3=O)s2)c1.Cl. The number of hydrogen-bond donors (Lipinski definition) is 1. The van der Waals surface area contributed by atoms with Crippen LogP contribution in [0.2, 0.25) is 0 Å². The lowest BCUT2D eigenvalue weighted by Crippen LogP contribution is -2.26. The Morgan fingerprint density at radius 2 is 2.14 bits per heavy atom. The van der Waals surface area contributed by atoms with E-state index in [4.69, 9.17) is 10.5 Å². The number of nitrogens with zero attached hydrogens (tertiary/aromatic N) is 3. The second-order valence-electron chi connectivity index (χ2n) is 6.01. The Hall–Kier alpha value is -2.75. The lowest BCUT2D eigenvalue weighted by Gasteiger charge is -2.02. The van der Waals surface area contributed by atoms with Crippen molar-refractivity contribution in [2.75, 3.05) is 13.7 Å². The van der Waals surface area contributed by atoms with E-state index in [1.807, 2.05) is 18.2 Å². The third-order valence-electron chi connectivity index (χ3n) is 4.12. The van der Waals surface area contributed by atoms with E-state index >= 15 is 0 Å². The minimum absolute atomic E-state index is 0. The van der Waals surface area contributed by atoms with Crippen molar-refractivity contribution in [1.29, 1.82) is 0 Å². The smallest absolute Gasteiger partial charge is 0.346 e. The molecule has 0 unspecified atom stereocenters. The summed E-state index contributed by atoms with van der Waals surface area (Å²) in [4.78, 5) is 26.0. The maximum atomic E-state index is 12.7. The van der Waals surface area contributed by atoms with Crippen LogP contribution in [0.4, 0.5) is 4.39 Å². The summed E-state index contributed by atoms with van der Waals surface area (Å²) in [7, 11) is 1.34. The van der Waals surface area contributed by atoms with Gasteiger partial charge in [-0.25, -0.2) is 18.7 Å². The summed E-state index contributed by atoms with van der Waals surface area (Å²) in [6, 6.07) is 11.0. The third-order valence-corrected chi connectivity index (χ3v) is 5.24. The molecule has 0 aliphatic heterocycles. The Morgan fingerprint density at radius 3 is 2.83 bits per heavy atom. The van der Waals surface area contributed by atoms with E-state index in [1.54, 1.807) is 18.2 Å². The van der Waals surface area contributed by atoms with Crippen molar-refractivity contribution in [2.45, 2.75) is 13.1 Å². The minimum atomic E-state index is -0.392. The van der Waals surface area contributed by atoms with E-state index in [1.165, 1.54) is 34.0 Å². The molecule has 0 saturated heterocycles. The second kappa shape index (κ2) is 10.1. The second-order valence-corrected chi connectivity index (χ2v) is 7.18. The number of methoxy groups -OCH3 is 1. The van der Waals surface area contributed by atoms with Crippen molar-refractivity contribution >= 4 is 29.7 Å². The molecular weight excluding hydrogens is 419 g/mol. The molecule has 154 valence electrons. The van der Waals surface area contributed by atoms with Gasteiger partial charge in [0.1, 0.15) is 6.33 Å². The van der Waals surface area contributed by atoms with E-state index in [-0.39, 0.29) is 36.8 Å². The maximum absolute atomic E-state index is 12.7. The molecule has 0 aliphatic carbocycles. The highest BCUT2D eigenvalue weighted by atomic mass is 35.5. The van der Waals surface area contributed by atoms with Gasteiger partial charge in [-0.2, -0.15) is 5.10 Å². The maximum Gasteiger partial charge on any atom is 0.346 e. The first-order valence-corrected chi connectivity index (χ1v) is 9.25. The predicted molar refractivity (Wildman–Crippen MR) is 112 cm³/mol. The highest BCUT2D eigenvalue weighted by Crippen LogP contribution is 2.29. The highest BCUT2D eigenvalue weighted by Gasteiger charge is 2.11. The largest absolute Gasteiger partial charge is 0.465 e. The number of hydrogen-bond acceptors (Lipinski definition) is 6. The van der Waals surface area contributed by atoms with Gasteiger partial charge < -0.3 is 10.5 Å². The zero-order valence-electron chi connectivity index (χ0n) is 15.6. The third kappa shape index (κ3) is 5.20. The number of esters is 1. The van der Waals surface area contributed by atoms with Crippen LogP contribution >= 0.6 is 23.7 Å². The molecule has 0 amide bonds. The van der Waals surface area contributed by atoms with E-state index in [9.17, 15) is 14.0 Å². The molecule has 3 rings (SSSR count). The molecule has 2 aromatic heterocycles. The van der Waals surface area contributed by atoms with Gasteiger partial charge in [-0.15, -0.1) is 23.7 Å². The summed E-state index contributed by atoms with van der Waals surface area (Å²) in [6.07, 6.45) is 1.82. The van der Waals surface area contributed by atoms with Gasteiger partial charge in [0.05, 0.1) is 32.1 Å². The van der Waals surface area contributed by atoms with E-state index in [2.05, 4.69) is 5.10 Å². The Kier molecular flexibility index (Phi) is 7.89. The molecule has 10 heteroatoms. The highest BCUT2D eigenvalue weighted by molar-refractivity contribution is 7.15. The molecular formula is C19H20ClFN4O3S. The van der Waals surface area contributed by atoms with Crippen LogP contribution < -0.4 is 11.4 Å². The molecule has 0 fully saturated rings. The predicted octanol–water partition coefficient (Wildman–Crippen LogP) is 2.84. The number of carbonyl (C=O) groups is 1. The van der Waals surface area contributed by atoms with Crippen molar-refractivity contribution in [2.24, 2.45) is 5.73 Å². The standard InChI is InChI=1S/C19H19FN4O3S.ClH/c1-27-18(25)15-4-2-3-14(7-15)17-6-5-16(28-17)11-23-12-22-24(19(23)26)10-13(8-20)9-21;/h2-8,12H,9-11,21H2,1H3;1H/b13-8+;. The van der Waals surface area contributed by atoms with Crippen LogP contribution in [0.25, 0.3) is 10.4 Å². The summed E-state index contributed by atoms with van der Waals surface area (Å²) in [5, 5.41) is 4.01. The average molecular weight is 439 g/mol. The first-order valence-electron chi connectivity index (χ1n) is 8.43. The number of benzene rings is 1. The van der Waals surface area contributed by atoms with Gasteiger partial charge in [0, 0.05) is 16.3 Å². The fraction of sp³-hybridized carbons (Fsp3) is 0.211. The van der Waals surface area contributed by atoms with Crippen LogP contribution in [-0.2, 0) is 17.8 Å². The molecule has 0 bridgehead atoms. The van der Waals surface area contributed by atoms with Crippen LogP contribution in [-0.4, -0.2) is 34.0 Å². The summed E-state index contributed by atoms with van der Waals surface area (Å²) in [6.45, 7) is 0.390. The van der Waals surface area contributed by atoms with Gasteiger partial charge in [-0.3, -0.25) is 4.57 Å². The summed E-state index contributed by atoms with van der Waals surface area (Å²) >= 11 is 1.51. The Morgan fingerprint density at radius 1 is 1.34 bits per heavy atom. The summed E-state index contributed by atoms with van der Waals surface area (Å²) < 4.78 is 20.1. The first-order chi connectivity index (χ1) is 13.5. The number of thiophene rings is 1. The average Bonchev–Trinajstić information content (AvgIpc) is 3.33. The molecule has 1 aromatic carbocycles. The number of nitrogens with two attached hydrogens (primary N) is 1. The molecule has 0 aliphatic rings. The Labute approximate surface area is 176 Å². The Bertz CT molecular complexity index is 1070. The number of aromatic nitrogens is 3. The van der Waals surface area contributed by atoms with Gasteiger partial charge in [0.15, 0.2) is 0 Å². The number of ether oxygens (including phenoxy) is 1. The molecule has 2 N–H and O–H groups in total. The van der Waals surface area contributed by atoms with Crippen LogP contribution in [0.5, 0.6) is 0 Å². The van der Waals surface area contributed by atoms with Crippen molar-refractivity contribution in [3.8, 4) is 10.4 Å². The molecule has 3 aromatic rings. The molecule has 0 saturated carbocycles. The van der Waals surface area contributed by atoms with E-state index in [0.29, 0.717) is 18.4 Å². The van der Waals surface area contributed by atoms with Gasteiger partial charge >= 0.3 is 11.7 Å². The van der Waals surface area contributed by atoms with Gasteiger partial charge in [0.25, 0.3) is 0 Å². The quantitative estimate of drug-likeness (QED) is 0.572. The number of rotatable bonds is 7. The molecule has 2 heterocycles. The molecule has 29 heavy (non-hydrogen) atoms. The van der Waals surface area contributed by atoms with Gasteiger partial charge in [0.2, 0.25) is 0 Å². The van der Waals surface area contributed by atoms with Crippen LogP contribution in [0, 0.1) is 0 Å². The molecule has 0 spiro atoms. The lowest BCUT2D eigenvalue weighted by atomic mass is 10.1. The topological polar surface area (TPSA) is 92.1 Å². The molecule has 7 nitrogen and oxygen atoms in total. The van der Waals surface area contributed by atoms with Crippen molar-refractivity contribution in [3.63, 3.8) is 0 Å². The van der Waals surface area contributed by atoms with Gasteiger partial charge in [-0.05, 0) is 35.4 Å². The van der Waals surface area contributed by atoms with E-state index in [0.717, 1.165) is 15.3 Å². The lowest BCUT2D eigenvalue weighted by molar-refractivity contribution is 0.0601. The Balaban J connectivity index is 0.00000300. The summed E-state index contributed by atoms with van der Waals surface area (Å²) in [5.74, 6) is -0.392. The van der Waals surface area contributed by atoms with Crippen molar-refractivity contribution in [1.82, 2.24) is 14.3 Å². The minimum Gasteiger partial charge on any atom is -0.465 e. The van der Waals surface area contributed by atoms with E-state index < -0.39 is 5.97 Å². The molecule has 0 radical (unpaired) electrons. The number of carbonyl (C=O) groups excluding carboxylic acids is 1. The van der Waals surface area contributed by atoms with Crippen LogP contribution in [0.3, 0.4) is 0 Å². The fourth-order valence-electron chi connectivity index (χ4n) is 2.63. The first kappa shape index (κ1) is 22.5. The molecule has 0 atom stereocenters. The summed E-state index contributed by atoms with van der Waals surface area (Å²) in [5.41, 5.74) is 6.74. The number of halogens is 2. The fourth-order valence-corrected chi connectivity index (χ4v) is 3.63. The van der Waals surface area contributed by atoms with Crippen LogP contribution in [0.1, 0.15) is 15.2 Å². The zero-order valence-corrected chi connectivity index (χ0v) is 17.2. The monoisotopic (exact) mass is 438 g/mol. The van der Waals surface area contributed by atoms with Crippen molar-refractivity contribution in [3.05, 3.63) is 75.6 Å². The van der Waals surface area contributed by atoms with Crippen molar-refractivity contribution < 1.29 is 13.9 Å². The van der Waals surface area contributed by atoms with Crippen LogP contribution in [0.15, 0.2) is 59.4 Å².